The van der Waals surface area contributed by atoms with Crippen LogP contribution in [0.1, 0.15) is 97.1 Å². The second kappa shape index (κ2) is 6.96. The van der Waals surface area contributed by atoms with Gasteiger partial charge < -0.3 is 0 Å². The van der Waals surface area contributed by atoms with Crippen LogP contribution in [0.2, 0.25) is 0 Å². The van der Waals surface area contributed by atoms with Crippen molar-refractivity contribution in [3.63, 3.8) is 0 Å². The average Bonchev–Trinajstić information content (AvgIpc) is 3.19. The number of hydrogen-bond acceptors (Lipinski definition) is 0. The van der Waals surface area contributed by atoms with Crippen molar-refractivity contribution in [1.29, 1.82) is 0 Å². The van der Waals surface area contributed by atoms with Crippen LogP contribution in [0.25, 0.3) is 16.7 Å². The number of allylic oxidation sites excluding steroid dienone is 4. The highest BCUT2D eigenvalue weighted by molar-refractivity contribution is 5.87. The Bertz CT molecular complexity index is 1100. The molecule has 164 valence electrons. The lowest BCUT2D eigenvalue weighted by atomic mass is 9.80. The molecule has 0 saturated carbocycles. The van der Waals surface area contributed by atoms with E-state index in [4.69, 9.17) is 0 Å². The lowest BCUT2D eigenvalue weighted by molar-refractivity contribution is 0.516. The van der Waals surface area contributed by atoms with Gasteiger partial charge in [-0.05, 0) is 72.8 Å². The summed E-state index contributed by atoms with van der Waals surface area (Å²) in [5, 5.41) is 0. The highest BCUT2D eigenvalue weighted by Gasteiger charge is 2.31. The minimum absolute atomic E-state index is 0.122. The molecule has 0 amide bonds. The lowest BCUT2D eigenvalue weighted by Gasteiger charge is -2.24. The smallest absolute Gasteiger partial charge is 0.000173 e. The zero-order valence-electron chi connectivity index (χ0n) is 21.3. The molecule has 0 aromatic heterocycles. The van der Waals surface area contributed by atoms with Crippen molar-refractivity contribution < 1.29 is 0 Å². The molecule has 4 rings (SSSR count). The molecule has 0 spiro atoms. The summed E-state index contributed by atoms with van der Waals surface area (Å²) in [5.74, 6) is 0.461. The number of fused-ring (bicyclic) bond motifs is 3. The van der Waals surface area contributed by atoms with Gasteiger partial charge in [0.1, 0.15) is 0 Å². The highest BCUT2D eigenvalue weighted by atomic mass is 14.3. The Kier molecular flexibility index (Phi) is 4.97. The van der Waals surface area contributed by atoms with E-state index in [9.17, 15) is 0 Å². The third-order valence-corrected chi connectivity index (χ3v) is 7.16. The van der Waals surface area contributed by atoms with Crippen molar-refractivity contribution in [3.8, 4) is 11.1 Å². The zero-order valence-corrected chi connectivity index (χ0v) is 21.3. The molecule has 0 fully saturated rings. The predicted molar refractivity (Wildman–Crippen MR) is 137 cm³/mol. The third kappa shape index (κ3) is 3.95. The summed E-state index contributed by atoms with van der Waals surface area (Å²) in [5.41, 5.74) is 13.7. The number of hydrogen-bond donors (Lipinski definition) is 0. The topological polar surface area (TPSA) is 0 Å². The summed E-state index contributed by atoms with van der Waals surface area (Å²) in [7, 11) is 0. The maximum atomic E-state index is 2.50. The van der Waals surface area contributed by atoms with E-state index in [-0.39, 0.29) is 16.2 Å². The molecule has 0 N–H and O–H groups in total. The fourth-order valence-corrected chi connectivity index (χ4v) is 4.93. The molecule has 2 aromatic carbocycles. The monoisotopic (exact) mass is 412 g/mol. The van der Waals surface area contributed by atoms with Crippen LogP contribution in [0.15, 0.2) is 48.1 Å². The Morgan fingerprint density at radius 1 is 0.677 bits per heavy atom. The van der Waals surface area contributed by atoms with Crippen molar-refractivity contribution >= 4 is 5.57 Å². The van der Waals surface area contributed by atoms with E-state index in [1.807, 2.05) is 0 Å². The van der Waals surface area contributed by atoms with E-state index < -0.39 is 0 Å². The molecule has 31 heavy (non-hydrogen) atoms. The summed E-state index contributed by atoms with van der Waals surface area (Å²) in [4.78, 5) is 0. The van der Waals surface area contributed by atoms with E-state index in [1.165, 1.54) is 50.1 Å². The van der Waals surface area contributed by atoms with Crippen molar-refractivity contribution in [3.05, 3.63) is 75.9 Å². The molecular weight excluding hydrogens is 372 g/mol. The van der Waals surface area contributed by atoms with Crippen LogP contribution in [0.5, 0.6) is 0 Å². The van der Waals surface area contributed by atoms with Gasteiger partial charge in [0.2, 0.25) is 0 Å². The van der Waals surface area contributed by atoms with Gasteiger partial charge in [-0.3, -0.25) is 0 Å². The first kappa shape index (κ1) is 22.1. The van der Waals surface area contributed by atoms with E-state index >= 15 is 0 Å². The van der Waals surface area contributed by atoms with Crippen molar-refractivity contribution in [1.82, 2.24) is 0 Å². The normalized spacial score (nSPS) is 18.6. The minimum Gasteiger partial charge on any atom is -0.0735 e. The molecule has 2 aliphatic carbocycles. The molecule has 0 heteroatoms. The second-order valence-electron chi connectivity index (χ2n) is 12.9. The SMILES string of the molecule is CC1C=C(C(C)(C)C)C=C1c1cc(C(C)(C)C)cc2c1Cc1ccc(C(C)(C)C)cc1-2. The van der Waals surface area contributed by atoms with Gasteiger partial charge >= 0.3 is 0 Å². The summed E-state index contributed by atoms with van der Waals surface area (Å²) in [6.07, 6.45) is 6.01. The van der Waals surface area contributed by atoms with Crippen molar-refractivity contribution in [2.24, 2.45) is 11.3 Å². The molecule has 0 aliphatic heterocycles. The van der Waals surface area contributed by atoms with Gasteiger partial charge in [-0.2, -0.15) is 0 Å². The van der Waals surface area contributed by atoms with Gasteiger partial charge in [-0.1, -0.05) is 112 Å². The first-order valence-corrected chi connectivity index (χ1v) is 11.9. The Labute approximate surface area is 190 Å². The van der Waals surface area contributed by atoms with Gasteiger partial charge in [0, 0.05) is 5.92 Å². The zero-order chi connectivity index (χ0) is 22.9. The lowest BCUT2D eigenvalue weighted by Crippen LogP contribution is -2.13. The van der Waals surface area contributed by atoms with Gasteiger partial charge in [-0.25, -0.2) is 0 Å². The van der Waals surface area contributed by atoms with Crippen LogP contribution in [-0.4, -0.2) is 0 Å². The fourth-order valence-electron chi connectivity index (χ4n) is 4.93. The van der Waals surface area contributed by atoms with Gasteiger partial charge in [-0.15, -0.1) is 0 Å². The number of benzene rings is 2. The molecule has 0 saturated heterocycles. The molecule has 0 heterocycles. The maximum Gasteiger partial charge on any atom is 0.000173 e. The quantitative estimate of drug-likeness (QED) is 0.374. The van der Waals surface area contributed by atoms with Crippen LogP contribution in [0.4, 0.5) is 0 Å². The molecule has 1 unspecified atom stereocenters. The second-order valence-corrected chi connectivity index (χ2v) is 12.9. The Morgan fingerprint density at radius 3 is 1.81 bits per heavy atom. The third-order valence-electron chi connectivity index (χ3n) is 7.16. The largest absolute Gasteiger partial charge is 0.0735 e. The summed E-state index contributed by atoms with van der Waals surface area (Å²) in [6.45, 7) is 23.3. The highest BCUT2D eigenvalue weighted by Crippen LogP contribution is 2.48. The van der Waals surface area contributed by atoms with E-state index in [0.29, 0.717) is 5.92 Å². The van der Waals surface area contributed by atoms with Crippen LogP contribution in [0, 0.1) is 11.3 Å². The average molecular weight is 413 g/mol. The van der Waals surface area contributed by atoms with Gasteiger partial charge in [0.05, 0.1) is 0 Å². The van der Waals surface area contributed by atoms with Crippen molar-refractivity contribution in [2.45, 2.75) is 86.5 Å². The standard InChI is InChI=1S/C31H40/c1-19-13-22(30(5,6)7)16-24(19)27-17-23(31(8,9)10)18-28-25-15-21(29(2,3)4)12-11-20(25)14-26(27)28/h11-13,15-19H,14H2,1-10H3. The summed E-state index contributed by atoms with van der Waals surface area (Å²) >= 11 is 0. The Balaban J connectivity index is 1.94. The van der Waals surface area contributed by atoms with E-state index in [0.717, 1.165) is 6.42 Å². The summed E-state index contributed by atoms with van der Waals surface area (Å²) < 4.78 is 0. The first-order valence-electron chi connectivity index (χ1n) is 11.9. The maximum absolute atomic E-state index is 2.50. The van der Waals surface area contributed by atoms with Gasteiger partial charge in [0.25, 0.3) is 0 Å². The minimum atomic E-state index is 0.122. The van der Waals surface area contributed by atoms with E-state index in [1.54, 1.807) is 0 Å². The van der Waals surface area contributed by atoms with Crippen LogP contribution < -0.4 is 0 Å². The van der Waals surface area contributed by atoms with Crippen LogP contribution in [0.3, 0.4) is 0 Å². The van der Waals surface area contributed by atoms with E-state index in [2.05, 4.69) is 112 Å². The number of rotatable bonds is 1. The molecule has 0 bridgehead atoms. The molecule has 2 aliphatic rings. The molecule has 1 atom stereocenters. The van der Waals surface area contributed by atoms with Crippen molar-refractivity contribution in [2.75, 3.05) is 0 Å². The predicted octanol–water partition coefficient (Wildman–Crippen LogP) is 8.86. The molecule has 0 radical (unpaired) electrons. The van der Waals surface area contributed by atoms with Gasteiger partial charge in [0.15, 0.2) is 0 Å². The Hall–Kier alpha value is -2.08. The molecular formula is C31H40. The molecule has 0 nitrogen and oxygen atoms in total. The van der Waals surface area contributed by atoms with Crippen LogP contribution >= 0.6 is 0 Å². The summed E-state index contributed by atoms with van der Waals surface area (Å²) in [6, 6.07) is 12.2. The molecule has 2 aromatic rings. The first-order chi connectivity index (χ1) is 14.2. The Morgan fingerprint density at radius 2 is 1.26 bits per heavy atom. The van der Waals surface area contributed by atoms with Crippen LogP contribution in [-0.2, 0) is 17.3 Å². The fraction of sp³-hybridized carbons (Fsp3) is 0.484.